The Balaban J connectivity index is 1.60. The fraction of sp³-hybridized carbons (Fsp3) is 0.429. The smallest absolute Gasteiger partial charge is 0.405 e. The highest BCUT2D eigenvalue weighted by atomic mass is 19.1. The standard InChI is InChI=1S/C21H23F2N7O4/c22-13-9-12(10-24)18(29-19(13)26-14-2-6-34-11-16(14)28-21(31)32)27-15-1-3-25-20(17(15)23)30-4-7-33-8-5-30/h1,3,9,14,16,28H,2,4-8,11H2,(H,31,32)(H2,25,26,27,29)/t14-,16+/m1/s1. The van der Waals surface area contributed by atoms with Crippen LogP contribution in [0.15, 0.2) is 18.3 Å². The molecule has 4 N–H and O–H groups in total. The number of carbonyl (C=O) groups is 1. The molecule has 0 spiro atoms. The molecule has 11 nitrogen and oxygen atoms in total. The van der Waals surface area contributed by atoms with Crippen molar-refractivity contribution >= 4 is 29.2 Å². The van der Waals surface area contributed by atoms with Gasteiger partial charge < -0.3 is 35.4 Å². The number of ether oxygens (including phenoxy) is 2. The average molecular weight is 475 g/mol. The Morgan fingerprint density at radius 2 is 2.00 bits per heavy atom. The molecule has 180 valence electrons. The zero-order chi connectivity index (χ0) is 24.1. The summed E-state index contributed by atoms with van der Waals surface area (Å²) < 4.78 is 40.5. The zero-order valence-corrected chi connectivity index (χ0v) is 18.1. The van der Waals surface area contributed by atoms with Crippen molar-refractivity contribution in [1.82, 2.24) is 15.3 Å². The third-order valence-corrected chi connectivity index (χ3v) is 5.52. The number of morpholine rings is 1. The third kappa shape index (κ3) is 5.24. The van der Waals surface area contributed by atoms with E-state index in [0.29, 0.717) is 39.3 Å². The van der Waals surface area contributed by atoms with Gasteiger partial charge in [0, 0.05) is 25.9 Å². The summed E-state index contributed by atoms with van der Waals surface area (Å²) in [6.45, 7) is 2.34. The Morgan fingerprint density at radius 3 is 2.74 bits per heavy atom. The lowest BCUT2D eigenvalue weighted by Crippen LogP contribution is -2.52. The first-order valence-corrected chi connectivity index (χ1v) is 10.6. The minimum absolute atomic E-state index is 0.0227. The van der Waals surface area contributed by atoms with Crippen molar-refractivity contribution in [2.24, 2.45) is 0 Å². The molecule has 2 saturated heterocycles. The highest BCUT2D eigenvalue weighted by molar-refractivity contribution is 5.68. The van der Waals surface area contributed by atoms with Gasteiger partial charge in [-0.05, 0) is 18.6 Å². The molecule has 0 aliphatic carbocycles. The molecule has 0 saturated carbocycles. The minimum atomic E-state index is -1.23. The molecule has 0 unspecified atom stereocenters. The van der Waals surface area contributed by atoms with Crippen LogP contribution in [0.4, 0.5) is 36.7 Å². The molecule has 2 fully saturated rings. The Bertz CT molecular complexity index is 1090. The summed E-state index contributed by atoms with van der Waals surface area (Å²) in [5.41, 5.74) is -0.103. The van der Waals surface area contributed by atoms with Crippen LogP contribution in [0, 0.1) is 23.0 Å². The van der Waals surface area contributed by atoms with E-state index in [1.54, 1.807) is 4.90 Å². The van der Waals surface area contributed by atoms with Gasteiger partial charge in [-0.25, -0.2) is 23.5 Å². The molecule has 1 amide bonds. The van der Waals surface area contributed by atoms with Gasteiger partial charge >= 0.3 is 6.09 Å². The van der Waals surface area contributed by atoms with E-state index >= 15 is 4.39 Å². The maximum Gasteiger partial charge on any atom is 0.405 e. The minimum Gasteiger partial charge on any atom is -0.465 e. The molecular weight excluding hydrogens is 452 g/mol. The Hall–Kier alpha value is -3.76. The second-order valence-electron chi connectivity index (χ2n) is 7.72. The van der Waals surface area contributed by atoms with Crippen molar-refractivity contribution in [2.45, 2.75) is 18.5 Å². The van der Waals surface area contributed by atoms with Crippen molar-refractivity contribution in [1.29, 1.82) is 5.26 Å². The molecule has 2 aromatic heterocycles. The second kappa shape index (κ2) is 10.4. The quantitative estimate of drug-likeness (QED) is 0.490. The lowest BCUT2D eigenvalue weighted by atomic mass is 10.0. The first-order valence-electron chi connectivity index (χ1n) is 10.6. The summed E-state index contributed by atoms with van der Waals surface area (Å²) in [7, 11) is 0. The van der Waals surface area contributed by atoms with E-state index in [-0.39, 0.29) is 35.3 Å². The molecule has 2 aromatic rings. The fourth-order valence-corrected chi connectivity index (χ4v) is 3.81. The van der Waals surface area contributed by atoms with Crippen molar-refractivity contribution < 1.29 is 28.2 Å². The van der Waals surface area contributed by atoms with Crippen LogP contribution in [-0.2, 0) is 9.47 Å². The molecule has 2 atom stereocenters. The number of anilines is 4. The summed E-state index contributed by atoms with van der Waals surface area (Å²) in [6, 6.07) is 3.10. The highest BCUT2D eigenvalue weighted by Crippen LogP contribution is 2.29. The molecular formula is C21H23F2N7O4. The van der Waals surface area contributed by atoms with E-state index in [4.69, 9.17) is 14.6 Å². The zero-order valence-electron chi connectivity index (χ0n) is 18.1. The maximum absolute atomic E-state index is 15.2. The van der Waals surface area contributed by atoms with Crippen LogP contribution in [0.2, 0.25) is 0 Å². The van der Waals surface area contributed by atoms with Gasteiger partial charge in [-0.2, -0.15) is 5.26 Å². The van der Waals surface area contributed by atoms with Crippen LogP contribution >= 0.6 is 0 Å². The number of amides is 1. The molecule has 0 bridgehead atoms. The van der Waals surface area contributed by atoms with Crippen LogP contribution < -0.4 is 20.9 Å². The number of carboxylic acid groups (broad SMARTS) is 1. The van der Waals surface area contributed by atoms with E-state index in [1.165, 1.54) is 12.3 Å². The largest absolute Gasteiger partial charge is 0.465 e. The summed E-state index contributed by atoms with van der Waals surface area (Å²) in [5.74, 6) is -1.55. The lowest BCUT2D eigenvalue weighted by molar-refractivity contribution is 0.0625. The van der Waals surface area contributed by atoms with Crippen LogP contribution in [-0.4, -0.2) is 72.8 Å². The topological polar surface area (TPSA) is 145 Å². The van der Waals surface area contributed by atoms with E-state index in [2.05, 4.69) is 25.9 Å². The van der Waals surface area contributed by atoms with Gasteiger partial charge in [-0.3, -0.25) is 0 Å². The van der Waals surface area contributed by atoms with Gasteiger partial charge in [0.25, 0.3) is 0 Å². The summed E-state index contributed by atoms with van der Waals surface area (Å²) in [5, 5.41) is 26.5. The van der Waals surface area contributed by atoms with E-state index in [9.17, 15) is 14.4 Å². The Morgan fingerprint density at radius 1 is 1.21 bits per heavy atom. The molecule has 2 aliphatic heterocycles. The number of nitrogens with one attached hydrogen (secondary N) is 3. The number of aromatic nitrogens is 2. The number of halogens is 2. The van der Waals surface area contributed by atoms with Crippen LogP contribution in [0.1, 0.15) is 12.0 Å². The number of nitrogens with zero attached hydrogens (tertiary/aromatic N) is 4. The third-order valence-electron chi connectivity index (χ3n) is 5.52. The van der Waals surface area contributed by atoms with Gasteiger partial charge in [0.15, 0.2) is 29.1 Å². The first-order chi connectivity index (χ1) is 16.5. The number of nitriles is 1. The van der Waals surface area contributed by atoms with Gasteiger partial charge in [-0.1, -0.05) is 0 Å². The van der Waals surface area contributed by atoms with E-state index in [0.717, 1.165) is 6.07 Å². The lowest BCUT2D eigenvalue weighted by Gasteiger charge is -2.32. The predicted octanol–water partition coefficient (Wildman–Crippen LogP) is 2.04. The molecule has 0 radical (unpaired) electrons. The van der Waals surface area contributed by atoms with Gasteiger partial charge in [-0.15, -0.1) is 0 Å². The van der Waals surface area contributed by atoms with Crippen molar-refractivity contribution in [3.05, 3.63) is 35.5 Å². The van der Waals surface area contributed by atoms with E-state index in [1.807, 2.05) is 6.07 Å². The van der Waals surface area contributed by atoms with Gasteiger partial charge in [0.2, 0.25) is 0 Å². The number of pyridine rings is 2. The van der Waals surface area contributed by atoms with Crippen molar-refractivity contribution in [2.75, 3.05) is 55.1 Å². The monoisotopic (exact) mass is 475 g/mol. The van der Waals surface area contributed by atoms with Crippen LogP contribution in [0.25, 0.3) is 0 Å². The van der Waals surface area contributed by atoms with Crippen LogP contribution in [0.5, 0.6) is 0 Å². The molecule has 4 heterocycles. The van der Waals surface area contributed by atoms with E-state index < -0.39 is 29.8 Å². The van der Waals surface area contributed by atoms with Crippen molar-refractivity contribution in [3.63, 3.8) is 0 Å². The first kappa shape index (κ1) is 23.4. The van der Waals surface area contributed by atoms with Gasteiger partial charge in [0.1, 0.15) is 6.07 Å². The Labute approximate surface area is 193 Å². The maximum atomic E-state index is 15.2. The normalized spacial score (nSPS) is 20.3. The second-order valence-corrected chi connectivity index (χ2v) is 7.72. The van der Waals surface area contributed by atoms with Crippen LogP contribution in [0.3, 0.4) is 0 Å². The number of hydrogen-bond donors (Lipinski definition) is 4. The van der Waals surface area contributed by atoms with Crippen molar-refractivity contribution in [3.8, 4) is 6.07 Å². The highest BCUT2D eigenvalue weighted by Gasteiger charge is 2.29. The molecule has 2 aliphatic rings. The molecule has 0 aromatic carbocycles. The number of rotatable bonds is 6. The predicted molar refractivity (Wildman–Crippen MR) is 117 cm³/mol. The summed E-state index contributed by atoms with van der Waals surface area (Å²) in [4.78, 5) is 21.1. The SMILES string of the molecule is N#Cc1cc(F)c(N[C@@H]2CCOC[C@@H]2NC(=O)O)nc1Nc1ccnc(N2CCOCC2)c1F. The fourth-order valence-electron chi connectivity index (χ4n) is 3.81. The summed E-state index contributed by atoms with van der Waals surface area (Å²) in [6.07, 6.45) is 0.591. The summed E-state index contributed by atoms with van der Waals surface area (Å²) >= 11 is 0. The van der Waals surface area contributed by atoms with Gasteiger partial charge in [0.05, 0.1) is 43.2 Å². The molecule has 13 heteroatoms. The Kier molecular flexibility index (Phi) is 7.19. The average Bonchev–Trinajstić information content (AvgIpc) is 2.83. The number of hydrogen-bond acceptors (Lipinski definition) is 9. The molecule has 34 heavy (non-hydrogen) atoms. The molecule has 4 rings (SSSR count).